The highest BCUT2D eigenvalue weighted by Crippen LogP contribution is 2.30. The summed E-state index contributed by atoms with van der Waals surface area (Å²) in [5.74, 6) is -0.0612. The van der Waals surface area contributed by atoms with Crippen molar-refractivity contribution in [3.8, 4) is 11.5 Å². The second kappa shape index (κ2) is 7.53. The summed E-state index contributed by atoms with van der Waals surface area (Å²) in [6.07, 6.45) is 1.58. The lowest BCUT2D eigenvalue weighted by atomic mass is 10.1. The second-order valence-corrected chi connectivity index (χ2v) is 6.26. The largest absolute Gasteiger partial charge is 0.493 e. The predicted octanol–water partition coefficient (Wildman–Crippen LogP) is 3.73. The monoisotopic (exact) mass is 415 g/mol. The quantitative estimate of drug-likeness (QED) is 0.432. The van der Waals surface area contributed by atoms with E-state index < -0.39 is 11.9 Å². The molecular weight excluding hydrogens is 402 g/mol. The number of esters is 2. The first-order valence-electron chi connectivity index (χ1n) is 7.61. The summed E-state index contributed by atoms with van der Waals surface area (Å²) in [7, 11) is 1.47. The van der Waals surface area contributed by atoms with Crippen molar-refractivity contribution >= 4 is 39.8 Å². The van der Waals surface area contributed by atoms with E-state index in [1.807, 2.05) is 12.1 Å². The first-order chi connectivity index (χ1) is 12.5. The molecule has 0 spiro atoms. The van der Waals surface area contributed by atoms with E-state index in [4.69, 9.17) is 14.2 Å². The van der Waals surface area contributed by atoms with E-state index in [-0.39, 0.29) is 11.6 Å². The van der Waals surface area contributed by atoms with Gasteiger partial charge in [-0.1, -0.05) is 22.0 Å². The zero-order chi connectivity index (χ0) is 18.7. The summed E-state index contributed by atoms with van der Waals surface area (Å²) in [5, 5.41) is 0. The zero-order valence-corrected chi connectivity index (χ0v) is 15.6. The van der Waals surface area contributed by atoms with Crippen LogP contribution in [0.2, 0.25) is 0 Å². The summed E-state index contributed by atoms with van der Waals surface area (Å²) in [6.45, 7) is 1.31. The van der Waals surface area contributed by atoms with Crippen molar-refractivity contribution in [2.45, 2.75) is 6.92 Å². The summed E-state index contributed by atoms with van der Waals surface area (Å²) >= 11 is 3.35. The molecule has 0 amide bonds. The standard InChI is InChI=1S/C19H14BrNO5/c1-11(22)25-16-8-3-12(10-17(16)24-2)9-15-19(23)26-18(21-15)13-4-6-14(20)7-5-13/h3-10H,1-2H3/b15-9+. The molecule has 0 bridgehead atoms. The van der Waals surface area contributed by atoms with Gasteiger partial charge in [-0.25, -0.2) is 9.79 Å². The van der Waals surface area contributed by atoms with Gasteiger partial charge in [0.05, 0.1) is 7.11 Å². The average Bonchev–Trinajstić information content (AvgIpc) is 2.97. The SMILES string of the molecule is COc1cc(/C=C2/N=C(c3ccc(Br)cc3)OC2=O)ccc1OC(C)=O. The molecule has 0 saturated heterocycles. The molecule has 0 aliphatic carbocycles. The van der Waals surface area contributed by atoms with Crippen LogP contribution >= 0.6 is 15.9 Å². The van der Waals surface area contributed by atoms with Gasteiger partial charge in [0.2, 0.25) is 5.90 Å². The van der Waals surface area contributed by atoms with Gasteiger partial charge in [0.15, 0.2) is 17.2 Å². The van der Waals surface area contributed by atoms with E-state index >= 15 is 0 Å². The maximum Gasteiger partial charge on any atom is 0.363 e. The molecule has 2 aromatic carbocycles. The Morgan fingerprint density at radius 2 is 1.88 bits per heavy atom. The average molecular weight is 416 g/mol. The van der Waals surface area contributed by atoms with E-state index in [1.54, 1.807) is 36.4 Å². The minimum absolute atomic E-state index is 0.171. The van der Waals surface area contributed by atoms with Crippen LogP contribution in [0.1, 0.15) is 18.1 Å². The van der Waals surface area contributed by atoms with Gasteiger partial charge in [-0.2, -0.15) is 0 Å². The fourth-order valence-corrected chi connectivity index (χ4v) is 2.56. The molecule has 0 atom stereocenters. The Morgan fingerprint density at radius 1 is 1.15 bits per heavy atom. The van der Waals surface area contributed by atoms with Crippen molar-refractivity contribution in [1.82, 2.24) is 0 Å². The first-order valence-corrected chi connectivity index (χ1v) is 8.40. The lowest BCUT2D eigenvalue weighted by Crippen LogP contribution is -2.05. The third-order valence-corrected chi connectivity index (χ3v) is 3.99. The van der Waals surface area contributed by atoms with E-state index in [1.165, 1.54) is 14.0 Å². The number of hydrogen-bond donors (Lipinski definition) is 0. The van der Waals surface area contributed by atoms with Crippen molar-refractivity contribution < 1.29 is 23.8 Å². The molecule has 26 heavy (non-hydrogen) atoms. The highest BCUT2D eigenvalue weighted by molar-refractivity contribution is 9.10. The Kier molecular flexibility index (Phi) is 5.18. The minimum atomic E-state index is -0.536. The van der Waals surface area contributed by atoms with Crippen LogP contribution in [0.3, 0.4) is 0 Å². The molecular formula is C19H14BrNO5. The van der Waals surface area contributed by atoms with E-state index in [0.717, 1.165) is 4.47 Å². The molecule has 2 aromatic rings. The number of aliphatic imine (C=N–C) groups is 1. The van der Waals surface area contributed by atoms with Gasteiger partial charge in [0, 0.05) is 17.0 Å². The van der Waals surface area contributed by atoms with Crippen molar-refractivity contribution in [2.75, 3.05) is 7.11 Å². The smallest absolute Gasteiger partial charge is 0.363 e. The summed E-state index contributed by atoms with van der Waals surface area (Å²) in [4.78, 5) is 27.4. The number of methoxy groups -OCH3 is 1. The predicted molar refractivity (Wildman–Crippen MR) is 99.1 cm³/mol. The molecule has 132 valence electrons. The van der Waals surface area contributed by atoms with E-state index in [0.29, 0.717) is 22.6 Å². The number of cyclic esters (lactones) is 1. The third-order valence-electron chi connectivity index (χ3n) is 3.46. The third kappa shape index (κ3) is 4.00. The van der Waals surface area contributed by atoms with Crippen molar-refractivity contribution in [1.29, 1.82) is 0 Å². The molecule has 0 aromatic heterocycles. The van der Waals surface area contributed by atoms with Gasteiger partial charge < -0.3 is 14.2 Å². The summed E-state index contributed by atoms with van der Waals surface area (Å²) < 4.78 is 16.4. The Morgan fingerprint density at radius 3 is 2.54 bits per heavy atom. The molecule has 0 N–H and O–H groups in total. The van der Waals surface area contributed by atoms with Crippen LogP contribution in [0.5, 0.6) is 11.5 Å². The Bertz CT molecular complexity index is 931. The number of carbonyl (C=O) groups excluding carboxylic acids is 2. The first kappa shape index (κ1) is 17.9. The van der Waals surface area contributed by atoms with Crippen LogP contribution in [0.4, 0.5) is 0 Å². The number of nitrogens with zero attached hydrogens (tertiary/aromatic N) is 1. The summed E-state index contributed by atoms with van der Waals surface area (Å²) in [6, 6.07) is 12.2. The van der Waals surface area contributed by atoms with E-state index in [2.05, 4.69) is 20.9 Å². The lowest BCUT2D eigenvalue weighted by Gasteiger charge is -2.08. The molecule has 0 fully saturated rings. The van der Waals surface area contributed by atoms with Gasteiger partial charge in [-0.3, -0.25) is 4.79 Å². The Labute approximate surface area is 158 Å². The highest BCUT2D eigenvalue weighted by atomic mass is 79.9. The van der Waals surface area contributed by atoms with Crippen molar-refractivity contribution in [3.63, 3.8) is 0 Å². The van der Waals surface area contributed by atoms with Gasteiger partial charge in [0.25, 0.3) is 0 Å². The summed E-state index contributed by atoms with van der Waals surface area (Å²) in [5.41, 5.74) is 1.53. The van der Waals surface area contributed by atoms with Crippen molar-refractivity contribution in [2.24, 2.45) is 4.99 Å². The van der Waals surface area contributed by atoms with Crippen LogP contribution in [0.25, 0.3) is 6.08 Å². The molecule has 7 heteroatoms. The van der Waals surface area contributed by atoms with Crippen LogP contribution in [0, 0.1) is 0 Å². The second-order valence-electron chi connectivity index (χ2n) is 5.35. The number of benzene rings is 2. The van der Waals surface area contributed by atoms with Crippen LogP contribution in [0.15, 0.2) is 57.6 Å². The molecule has 1 aliphatic heterocycles. The zero-order valence-electron chi connectivity index (χ0n) is 14.0. The highest BCUT2D eigenvalue weighted by Gasteiger charge is 2.24. The normalized spacial score (nSPS) is 14.8. The van der Waals surface area contributed by atoms with Gasteiger partial charge in [0.1, 0.15) is 0 Å². The molecule has 0 radical (unpaired) electrons. The Balaban J connectivity index is 1.90. The van der Waals surface area contributed by atoms with Crippen LogP contribution < -0.4 is 9.47 Å². The molecule has 0 unspecified atom stereocenters. The molecule has 1 aliphatic rings. The Hall–Kier alpha value is -2.93. The fourth-order valence-electron chi connectivity index (χ4n) is 2.30. The molecule has 0 saturated carbocycles. The van der Waals surface area contributed by atoms with Crippen LogP contribution in [-0.2, 0) is 14.3 Å². The van der Waals surface area contributed by atoms with Crippen LogP contribution in [-0.4, -0.2) is 24.9 Å². The van der Waals surface area contributed by atoms with Gasteiger partial charge in [-0.15, -0.1) is 0 Å². The van der Waals surface area contributed by atoms with Crippen molar-refractivity contribution in [3.05, 3.63) is 63.8 Å². The molecule has 6 nitrogen and oxygen atoms in total. The topological polar surface area (TPSA) is 74.2 Å². The van der Waals surface area contributed by atoms with E-state index in [9.17, 15) is 9.59 Å². The maximum absolute atomic E-state index is 12.1. The number of ether oxygens (including phenoxy) is 3. The number of carbonyl (C=O) groups is 2. The number of halogens is 1. The van der Waals surface area contributed by atoms with Gasteiger partial charge >= 0.3 is 11.9 Å². The molecule has 1 heterocycles. The number of rotatable bonds is 4. The fraction of sp³-hybridized carbons (Fsp3) is 0.105. The molecule has 3 rings (SSSR count). The van der Waals surface area contributed by atoms with Gasteiger partial charge in [-0.05, 0) is 48.0 Å². The number of hydrogen-bond acceptors (Lipinski definition) is 6. The minimum Gasteiger partial charge on any atom is -0.493 e. The maximum atomic E-state index is 12.1. The lowest BCUT2D eigenvalue weighted by molar-refractivity contribution is -0.132.